The van der Waals surface area contributed by atoms with Gasteiger partial charge in [0.25, 0.3) is 11.8 Å². The van der Waals surface area contributed by atoms with E-state index in [-0.39, 0.29) is 23.6 Å². The predicted octanol–water partition coefficient (Wildman–Crippen LogP) is 4.57. The molecule has 0 aliphatic heterocycles. The van der Waals surface area contributed by atoms with Crippen molar-refractivity contribution in [2.24, 2.45) is 5.73 Å². The zero-order valence-electron chi connectivity index (χ0n) is 20.8. The summed E-state index contributed by atoms with van der Waals surface area (Å²) in [6.45, 7) is 3.92. The number of ether oxygens (including phenoxy) is 2. The Labute approximate surface area is 209 Å². The van der Waals surface area contributed by atoms with Crippen LogP contribution in [0.2, 0.25) is 0 Å². The van der Waals surface area contributed by atoms with E-state index in [0.29, 0.717) is 39.6 Å². The van der Waals surface area contributed by atoms with E-state index in [0.717, 1.165) is 24.8 Å². The molecule has 2 aromatic carbocycles. The van der Waals surface area contributed by atoms with Crippen molar-refractivity contribution in [3.8, 4) is 23.4 Å². The van der Waals surface area contributed by atoms with Crippen molar-refractivity contribution in [1.82, 2.24) is 24.8 Å². The molecule has 0 saturated heterocycles. The van der Waals surface area contributed by atoms with Crippen molar-refractivity contribution < 1.29 is 14.3 Å². The molecule has 0 spiro atoms. The van der Waals surface area contributed by atoms with Gasteiger partial charge in [0.1, 0.15) is 23.2 Å². The van der Waals surface area contributed by atoms with E-state index in [2.05, 4.69) is 26.9 Å². The number of unbranched alkanes of at least 4 members (excludes halogenated alkanes) is 1. The van der Waals surface area contributed by atoms with Crippen LogP contribution in [0.1, 0.15) is 47.1 Å². The Morgan fingerprint density at radius 1 is 1.08 bits per heavy atom. The molecule has 0 radical (unpaired) electrons. The fraction of sp³-hybridized carbons (Fsp3) is 0.269. The number of amidine groups is 1. The van der Waals surface area contributed by atoms with Crippen molar-refractivity contribution in [3.63, 3.8) is 0 Å². The third-order valence-corrected chi connectivity index (χ3v) is 5.49. The topological polar surface area (TPSA) is 143 Å². The normalized spacial score (nSPS) is 10.9. The summed E-state index contributed by atoms with van der Waals surface area (Å²) in [5.41, 5.74) is 8.58. The number of carbonyl (C=O) groups is 1. The number of rotatable bonds is 9. The fourth-order valence-corrected chi connectivity index (χ4v) is 3.64. The Morgan fingerprint density at radius 3 is 2.61 bits per heavy atom. The van der Waals surface area contributed by atoms with Crippen LogP contribution < -0.4 is 15.2 Å². The molecule has 2 heterocycles. The lowest BCUT2D eigenvalue weighted by Gasteiger charge is -2.13. The van der Waals surface area contributed by atoms with Gasteiger partial charge in [0, 0.05) is 25.2 Å². The van der Waals surface area contributed by atoms with E-state index in [9.17, 15) is 4.79 Å². The van der Waals surface area contributed by atoms with E-state index in [4.69, 9.17) is 20.6 Å². The average molecular weight is 488 g/mol. The van der Waals surface area contributed by atoms with Gasteiger partial charge in [-0.05, 0) is 49.6 Å². The number of H-pyrrole nitrogens is 1. The van der Waals surface area contributed by atoms with Gasteiger partial charge in [-0.1, -0.05) is 31.5 Å². The molecular formula is C26H29N7O3. The van der Waals surface area contributed by atoms with Crippen LogP contribution in [-0.2, 0) is 6.42 Å². The first kappa shape index (κ1) is 24.6. The molecule has 4 rings (SSSR count). The largest absolute Gasteiger partial charge is 0.437 e. The summed E-state index contributed by atoms with van der Waals surface area (Å²) in [6.07, 6.45) is 2.80. The molecule has 0 bridgehead atoms. The summed E-state index contributed by atoms with van der Waals surface area (Å²) < 4.78 is 12.2. The smallest absolute Gasteiger partial charge is 0.327 e. The zero-order chi connectivity index (χ0) is 25.8. The highest BCUT2D eigenvalue weighted by molar-refractivity contribution is 5.95. The van der Waals surface area contributed by atoms with Gasteiger partial charge < -0.3 is 25.1 Å². The SMILES string of the molecule is CCCCc1ccc(C(=N)N)cc1Oc1nc(Oc2cccc(C(=O)N(C)C)c2)c2nc(C)[nH]c2n1. The molecular weight excluding hydrogens is 458 g/mol. The van der Waals surface area contributed by atoms with Gasteiger partial charge >= 0.3 is 6.01 Å². The number of nitrogens with two attached hydrogens (primary N) is 1. The molecule has 186 valence electrons. The summed E-state index contributed by atoms with van der Waals surface area (Å²) >= 11 is 0. The molecule has 0 aliphatic carbocycles. The number of imidazole rings is 1. The van der Waals surface area contributed by atoms with E-state index in [1.54, 1.807) is 50.5 Å². The van der Waals surface area contributed by atoms with Crippen LogP contribution in [0.3, 0.4) is 0 Å². The molecule has 0 fully saturated rings. The van der Waals surface area contributed by atoms with Crippen LogP contribution in [0.15, 0.2) is 42.5 Å². The van der Waals surface area contributed by atoms with Gasteiger partial charge in [-0.3, -0.25) is 10.2 Å². The highest BCUT2D eigenvalue weighted by atomic mass is 16.5. The van der Waals surface area contributed by atoms with Gasteiger partial charge in [0.2, 0.25) is 0 Å². The number of nitrogen functional groups attached to an aromatic ring is 1. The third kappa shape index (κ3) is 5.43. The lowest BCUT2D eigenvalue weighted by molar-refractivity contribution is 0.0827. The molecule has 0 saturated carbocycles. The van der Waals surface area contributed by atoms with Crippen LogP contribution >= 0.6 is 0 Å². The summed E-state index contributed by atoms with van der Waals surface area (Å²) in [5, 5.41) is 7.79. The maximum Gasteiger partial charge on any atom is 0.327 e. The number of hydrogen-bond acceptors (Lipinski definition) is 7. The highest BCUT2D eigenvalue weighted by Crippen LogP contribution is 2.32. The van der Waals surface area contributed by atoms with E-state index in [1.165, 1.54) is 4.90 Å². The van der Waals surface area contributed by atoms with Crippen LogP contribution in [0.5, 0.6) is 23.4 Å². The number of aryl methyl sites for hydroxylation is 2. The maximum absolute atomic E-state index is 12.4. The number of benzene rings is 2. The summed E-state index contributed by atoms with van der Waals surface area (Å²) in [7, 11) is 3.38. The lowest BCUT2D eigenvalue weighted by atomic mass is 10.0. The van der Waals surface area contributed by atoms with Gasteiger partial charge in [-0.2, -0.15) is 9.97 Å². The Hall–Kier alpha value is -4.47. The molecule has 0 aliphatic rings. The minimum absolute atomic E-state index is 0.0557. The van der Waals surface area contributed by atoms with Crippen LogP contribution in [0, 0.1) is 12.3 Å². The number of aromatic nitrogens is 4. The first-order valence-corrected chi connectivity index (χ1v) is 11.6. The minimum atomic E-state index is -0.141. The van der Waals surface area contributed by atoms with E-state index in [1.807, 2.05) is 13.0 Å². The summed E-state index contributed by atoms with van der Waals surface area (Å²) in [4.78, 5) is 30.4. The van der Waals surface area contributed by atoms with Crippen molar-refractivity contribution >= 4 is 22.9 Å². The maximum atomic E-state index is 12.4. The van der Waals surface area contributed by atoms with Crippen LogP contribution in [-0.4, -0.2) is 50.7 Å². The molecule has 4 N–H and O–H groups in total. The zero-order valence-corrected chi connectivity index (χ0v) is 20.8. The van der Waals surface area contributed by atoms with Crippen LogP contribution in [0.25, 0.3) is 11.2 Å². The fourth-order valence-electron chi connectivity index (χ4n) is 3.64. The number of nitrogens with zero attached hydrogens (tertiary/aromatic N) is 4. The van der Waals surface area contributed by atoms with E-state index < -0.39 is 0 Å². The third-order valence-electron chi connectivity index (χ3n) is 5.49. The molecule has 36 heavy (non-hydrogen) atoms. The number of carbonyl (C=O) groups excluding carboxylic acids is 1. The van der Waals surface area contributed by atoms with Gasteiger partial charge in [-0.25, -0.2) is 4.98 Å². The number of nitrogens with one attached hydrogen (secondary N) is 2. The second kappa shape index (κ2) is 10.4. The number of amides is 1. The minimum Gasteiger partial charge on any atom is -0.437 e. The first-order chi connectivity index (χ1) is 17.2. The predicted molar refractivity (Wildman–Crippen MR) is 137 cm³/mol. The molecule has 1 amide bonds. The van der Waals surface area contributed by atoms with Crippen molar-refractivity contribution in [2.75, 3.05) is 14.1 Å². The monoisotopic (exact) mass is 487 g/mol. The molecule has 4 aromatic rings. The lowest BCUT2D eigenvalue weighted by Crippen LogP contribution is -2.21. The molecule has 2 aromatic heterocycles. The molecule has 0 unspecified atom stereocenters. The quantitative estimate of drug-likeness (QED) is 0.232. The molecule has 10 heteroatoms. The van der Waals surface area contributed by atoms with Gasteiger partial charge in [-0.15, -0.1) is 0 Å². The first-order valence-electron chi connectivity index (χ1n) is 11.6. The Kier molecular flexibility index (Phi) is 7.14. The summed E-state index contributed by atoms with van der Waals surface area (Å²) in [5.74, 6) is 1.58. The number of aromatic amines is 1. The van der Waals surface area contributed by atoms with Gasteiger partial charge in [0.05, 0.1) is 0 Å². The average Bonchev–Trinajstić information content (AvgIpc) is 3.23. The Morgan fingerprint density at radius 2 is 1.89 bits per heavy atom. The van der Waals surface area contributed by atoms with Crippen molar-refractivity contribution in [1.29, 1.82) is 5.41 Å². The van der Waals surface area contributed by atoms with Crippen LogP contribution in [0.4, 0.5) is 0 Å². The Bertz CT molecular complexity index is 1430. The Balaban J connectivity index is 1.73. The number of hydrogen-bond donors (Lipinski definition) is 3. The molecule has 0 atom stereocenters. The van der Waals surface area contributed by atoms with Crippen molar-refractivity contribution in [2.45, 2.75) is 33.1 Å². The second-order valence-electron chi connectivity index (χ2n) is 8.60. The van der Waals surface area contributed by atoms with Gasteiger partial charge in [0.15, 0.2) is 11.2 Å². The second-order valence-corrected chi connectivity index (χ2v) is 8.60. The van der Waals surface area contributed by atoms with E-state index >= 15 is 0 Å². The number of fused-ring (bicyclic) bond motifs is 1. The molecule has 10 nitrogen and oxygen atoms in total. The summed E-state index contributed by atoms with van der Waals surface area (Å²) in [6, 6.07) is 12.3. The van der Waals surface area contributed by atoms with Crippen molar-refractivity contribution in [3.05, 3.63) is 65.0 Å². The standard InChI is InChI=1S/C26H29N7O3/c1-5-6-8-16-11-12-17(22(27)28)14-20(16)36-26-31-23-21(29-15(2)30-23)24(32-26)35-19-10-7-9-18(13-19)25(34)33(3)4/h7,9-14H,5-6,8H2,1-4H3,(H3,27,28)(H,29,30,31,32). The highest BCUT2D eigenvalue weighted by Gasteiger charge is 2.18.